The number of nitro benzene ring substituents is 1. The van der Waals surface area contributed by atoms with Gasteiger partial charge in [-0.15, -0.1) is 0 Å². The number of allylic oxidation sites excluding steroid dienone is 1. The fourth-order valence-electron chi connectivity index (χ4n) is 3.12. The van der Waals surface area contributed by atoms with Gasteiger partial charge in [-0.2, -0.15) is 0 Å². The predicted octanol–water partition coefficient (Wildman–Crippen LogP) is 3.56. The number of rotatable bonds is 2. The van der Waals surface area contributed by atoms with Gasteiger partial charge in [0.1, 0.15) is 5.82 Å². The summed E-state index contributed by atoms with van der Waals surface area (Å²) < 4.78 is 1.60. The van der Waals surface area contributed by atoms with E-state index in [1.54, 1.807) is 4.57 Å². The normalized spacial score (nSPS) is 14.8. The molecule has 0 amide bonds. The molecule has 1 aromatic heterocycles. The summed E-state index contributed by atoms with van der Waals surface area (Å²) in [5, 5.41) is 11.2. The minimum Gasteiger partial charge on any atom is -0.292 e. The van der Waals surface area contributed by atoms with Gasteiger partial charge in [0, 0.05) is 18.7 Å². The second-order valence-electron chi connectivity index (χ2n) is 6.18. The zero-order chi connectivity index (χ0) is 17.6. The Labute approximate surface area is 143 Å². The molecule has 1 aliphatic heterocycles. The number of aryl methyl sites for hydroxylation is 1. The fourth-order valence-corrected chi connectivity index (χ4v) is 3.12. The van der Waals surface area contributed by atoms with Gasteiger partial charge in [0.2, 0.25) is 0 Å². The molecule has 0 saturated carbocycles. The molecule has 2 aromatic carbocycles. The number of nitrogens with zero attached hydrogens (tertiary/aromatic N) is 3. The van der Waals surface area contributed by atoms with E-state index in [1.807, 2.05) is 37.3 Å². The Balaban J connectivity index is 1.87. The van der Waals surface area contributed by atoms with Crippen molar-refractivity contribution >= 4 is 28.2 Å². The van der Waals surface area contributed by atoms with Gasteiger partial charge >= 0.3 is 0 Å². The smallest absolute Gasteiger partial charge is 0.270 e. The van der Waals surface area contributed by atoms with E-state index in [-0.39, 0.29) is 16.6 Å². The second-order valence-corrected chi connectivity index (χ2v) is 6.18. The van der Waals surface area contributed by atoms with Crippen LogP contribution >= 0.6 is 0 Å². The summed E-state index contributed by atoms with van der Waals surface area (Å²) in [4.78, 5) is 27.7. The van der Waals surface area contributed by atoms with Crippen LogP contribution in [0.1, 0.15) is 23.4 Å². The Bertz CT molecular complexity index is 1100. The lowest BCUT2D eigenvalue weighted by molar-refractivity contribution is -0.384. The summed E-state index contributed by atoms with van der Waals surface area (Å²) in [5.41, 5.74) is 3.42. The van der Waals surface area contributed by atoms with Crippen LogP contribution in [0, 0.1) is 17.0 Å². The van der Waals surface area contributed by atoms with Gasteiger partial charge in [0.25, 0.3) is 11.2 Å². The minimum absolute atomic E-state index is 0.0969. The average Bonchev–Trinajstić information content (AvgIpc) is 3.00. The first kappa shape index (κ1) is 15.3. The molecule has 4 rings (SSSR count). The molecule has 0 unspecified atom stereocenters. The molecule has 6 heteroatoms. The highest BCUT2D eigenvalue weighted by atomic mass is 16.6. The lowest BCUT2D eigenvalue weighted by Crippen LogP contribution is -2.20. The van der Waals surface area contributed by atoms with Gasteiger partial charge in [-0.25, -0.2) is 4.98 Å². The van der Waals surface area contributed by atoms with Crippen LogP contribution in [0.5, 0.6) is 0 Å². The summed E-state index contributed by atoms with van der Waals surface area (Å²) in [5.74, 6) is 0.645. The molecule has 0 aliphatic carbocycles. The van der Waals surface area contributed by atoms with Gasteiger partial charge in [-0.3, -0.25) is 19.5 Å². The first-order chi connectivity index (χ1) is 12.0. The molecule has 6 nitrogen and oxygen atoms in total. The first-order valence-corrected chi connectivity index (χ1v) is 7.99. The lowest BCUT2D eigenvalue weighted by atomic mass is 10.1. The highest BCUT2D eigenvalue weighted by molar-refractivity contribution is 5.85. The van der Waals surface area contributed by atoms with E-state index in [2.05, 4.69) is 4.98 Å². The van der Waals surface area contributed by atoms with E-state index in [0.29, 0.717) is 24.3 Å². The van der Waals surface area contributed by atoms with Gasteiger partial charge in [0.15, 0.2) is 0 Å². The number of non-ortho nitro benzene ring substituents is 1. The average molecular weight is 333 g/mol. The highest BCUT2D eigenvalue weighted by Gasteiger charge is 2.22. The molecule has 3 aromatic rings. The molecule has 124 valence electrons. The number of aromatic nitrogens is 2. The lowest BCUT2D eigenvalue weighted by Gasteiger charge is -2.05. The maximum atomic E-state index is 12.7. The molecular weight excluding hydrogens is 318 g/mol. The van der Waals surface area contributed by atoms with Crippen molar-refractivity contribution in [3.63, 3.8) is 0 Å². The van der Waals surface area contributed by atoms with Gasteiger partial charge in [-0.1, -0.05) is 29.8 Å². The molecular formula is C19H15N3O3. The van der Waals surface area contributed by atoms with Gasteiger partial charge in [0.05, 0.1) is 15.8 Å². The van der Waals surface area contributed by atoms with E-state index in [9.17, 15) is 14.9 Å². The van der Waals surface area contributed by atoms with Crippen molar-refractivity contribution in [2.24, 2.45) is 0 Å². The predicted molar refractivity (Wildman–Crippen MR) is 96.3 cm³/mol. The van der Waals surface area contributed by atoms with Crippen LogP contribution in [0.15, 0.2) is 47.3 Å². The minimum atomic E-state index is -0.500. The van der Waals surface area contributed by atoms with Crippen molar-refractivity contribution in [3.8, 4) is 0 Å². The number of hydrogen-bond donors (Lipinski definition) is 0. The van der Waals surface area contributed by atoms with Crippen LogP contribution in [0.4, 0.5) is 5.69 Å². The zero-order valence-corrected chi connectivity index (χ0v) is 13.6. The number of hydrogen-bond acceptors (Lipinski definition) is 4. The molecule has 0 atom stereocenters. The van der Waals surface area contributed by atoms with Gasteiger partial charge < -0.3 is 0 Å². The molecule has 0 N–H and O–H groups in total. The third-order valence-electron chi connectivity index (χ3n) is 4.46. The van der Waals surface area contributed by atoms with Crippen molar-refractivity contribution < 1.29 is 4.92 Å². The van der Waals surface area contributed by atoms with Crippen molar-refractivity contribution in [3.05, 3.63) is 79.9 Å². The van der Waals surface area contributed by atoms with E-state index >= 15 is 0 Å². The molecule has 2 heterocycles. The standard InChI is InChI=1S/C19H15N3O3/c1-12-2-4-13(5-3-12)10-14-8-9-21-18(14)20-17-7-6-15(22(24)25)11-16(17)19(21)23/h2-7,10-11H,8-9H2,1H3. The summed E-state index contributed by atoms with van der Waals surface area (Å²) in [6, 6.07) is 12.4. The number of nitro groups is 1. The Morgan fingerprint density at radius 3 is 2.68 bits per heavy atom. The van der Waals surface area contributed by atoms with Crippen LogP contribution < -0.4 is 5.56 Å². The van der Waals surface area contributed by atoms with Crippen LogP contribution in [0.2, 0.25) is 0 Å². The summed E-state index contributed by atoms with van der Waals surface area (Å²) in [6.07, 6.45) is 2.76. The summed E-state index contributed by atoms with van der Waals surface area (Å²) in [7, 11) is 0. The zero-order valence-electron chi connectivity index (χ0n) is 13.6. The van der Waals surface area contributed by atoms with Crippen molar-refractivity contribution in [1.82, 2.24) is 9.55 Å². The molecule has 1 aliphatic rings. The van der Waals surface area contributed by atoms with Crippen LogP contribution in [0.3, 0.4) is 0 Å². The molecule has 0 saturated heterocycles. The van der Waals surface area contributed by atoms with Crippen LogP contribution in [0.25, 0.3) is 22.6 Å². The largest absolute Gasteiger partial charge is 0.292 e. The maximum Gasteiger partial charge on any atom is 0.270 e. The van der Waals surface area contributed by atoms with Crippen molar-refractivity contribution in [1.29, 1.82) is 0 Å². The quantitative estimate of drug-likeness (QED) is 0.531. The molecule has 25 heavy (non-hydrogen) atoms. The van der Waals surface area contributed by atoms with Crippen molar-refractivity contribution in [2.75, 3.05) is 0 Å². The van der Waals surface area contributed by atoms with E-state index in [4.69, 9.17) is 0 Å². The Morgan fingerprint density at radius 1 is 1.20 bits per heavy atom. The Morgan fingerprint density at radius 2 is 1.96 bits per heavy atom. The fraction of sp³-hybridized carbons (Fsp3) is 0.158. The van der Waals surface area contributed by atoms with E-state index in [1.165, 1.54) is 23.8 Å². The van der Waals surface area contributed by atoms with E-state index in [0.717, 1.165) is 11.1 Å². The monoisotopic (exact) mass is 333 g/mol. The van der Waals surface area contributed by atoms with Crippen molar-refractivity contribution in [2.45, 2.75) is 19.9 Å². The topological polar surface area (TPSA) is 78.0 Å². The summed E-state index contributed by atoms with van der Waals surface area (Å²) >= 11 is 0. The second kappa shape index (κ2) is 5.66. The highest BCUT2D eigenvalue weighted by Crippen LogP contribution is 2.28. The molecule has 0 bridgehead atoms. The molecule has 0 spiro atoms. The van der Waals surface area contributed by atoms with Crippen LogP contribution in [-0.2, 0) is 6.54 Å². The van der Waals surface area contributed by atoms with E-state index < -0.39 is 4.92 Å². The summed E-state index contributed by atoms with van der Waals surface area (Å²) in [6.45, 7) is 2.58. The first-order valence-electron chi connectivity index (χ1n) is 7.99. The SMILES string of the molecule is Cc1ccc(C=C2CCn3c2nc2ccc([N+](=O)[O-])cc2c3=O)cc1. The number of fused-ring (bicyclic) bond motifs is 2. The third kappa shape index (κ3) is 2.61. The third-order valence-corrected chi connectivity index (χ3v) is 4.46. The van der Waals surface area contributed by atoms with Gasteiger partial charge in [-0.05, 0) is 36.6 Å². The van der Waals surface area contributed by atoms with Crippen LogP contribution in [-0.4, -0.2) is 14.5 Å². The Hall–Kier alpha value is -3.28. The Kier molecular flexibility index (Phi) is 3.46. The molecule has 0 radical (unpaired) electrons. The number of benzene rings is 2. The molecule has 0 fully saturated rings. The maximum absolute atomic E-state index is 12.7.